The van der Waals surface area contributed by atoms with Gasteiger partial charge in [0.15, 0.2) is 11.5 Å². The van der Waals surface area contributed by atoms with Crippen LogP contribution < -0.4 is 23.9 Å². The summed E-state index contributed by atoms with van der Waals surface area (Å²) in [6.45, 7) is 4.32. The molecule has 2 aliphatic heterocycles. The van der Waals surface area contributed by atoms with Crippen molar-refractivity contribution >= 4 is 17.4 Å². The van der Waals surface area contributed by atoms with Crippen LogP contribution in [0.5, 0.6) is 17.2 Å². The first-order chi connectivity index (χ1) is 18.1. The summed E-state index contributed by atoms with van der Waals surface area (Å²) in [5.41, 5.74) is 0.861. The zero-order chi connectivity index (χ0) is 25.8. The lowest BCUT2D eigenvalue weighted by atomic mass is 9.95. The van der Waals surface area contributed by atoms with Crippen molar-refractivity contribution in [2.75, 3.05) is 26.4 Å². The molecule has 9 heteroatoms. The molecule has 1 saturated heterocycles. The van der Waals surface area contributed by atoms with E-state index in [9.17, 15) is 14.7 Å². The Balaban J connectivity index is 1.53. The van der Waals surface area contributed by atoms with Gasteiger partial charge >= 0.3 is 0 Å². The molecule has 0 saturated carbocycles. The molecule has 0 radical (unpaired) electrons. The van der Waals surface area contributed by atoms with E-state index in [-0.39, 0.29) is 11.1 Å². The number of likely N-dealkylation sites (tertiary alicyclic amines) is 1. The van der Waals surface area contributed by atoms with E-state index in [2.05, 4.69) is 4.98 Å². The van der Waals surface area contributed by atoms with Gasteiger partial charge in [-0.1, -0.05) is 30.9 Å². The van der Waals surface area contributed by atoms with E-state index in [1.807, 2.05) is 48.4 Å². The highest BCUT2D eigenvalue weighted by Crippen LogP contribution is 2.41. The van der Waals surface area contributed by atoms with Crippen molar-refractivity contribution in [3.8, 4) is 17.2 Å². The van der Waals surface area contributed by atoms with Crippen molar-refractivity contribution in [2.45, 2.75) is 32.4 Å². The number of ketones is 1. The third-order valence-electron chi connectivity index (χ3n) is 6.40. The minimum absolute atomic E-state index is 0.0661. The molecule has 1 unspecified atom stereocenters. The van der Waals surface area contributed by atoms with Crippen molar-refractivity contribution < 1.29 is 33.5 Å². The second-order valence-electron chi connectivity index (χ2n) is 8.96. The number of rotatable bonds is 9. The van der Waals surface area contributed by atoms with Gasteiger partial charge in [-0.05, 0) is 41.8 Å². The van der Waals surface area contributed by atoms with Crippen molar-refractivity contribution in [1.82, 2.24) is 9.88 Å². The molecule has 1 fully saturated rings. The number of H-pyrrole nitrogens is 1. The molecule has 5 rings (SSSR count). The number of nitrogens with zero attached hydrogens (tertiary/aromatic N) is 2. The Morgan fingerprint density at radius 3 is 2.78 bits per heavy atom. The minimum Gasteiger partial charge on any atom is -0.872 e. The Bertz CT molecular complexity index is 1320. The molecule has 1 atom stereocenters. The first-order valence-electron chi connectivity index (χ1n) is 12.5. The van der Waals surface area contributed by atoms with Gasteiger partial charge in [0.25, 0.3) is 5.91 Å². The first-order valence-corrected chi connectivity index (χ1v) is 12.5. The van der Waals surface area contributed by atoms with Crippen LogP contribution >= 0.6 is 0 Å². The normalized spacial score (nSPS) is 18.3. The number of carbonyl (C=O) groups excluding carboxylic acids is 2. The van der Waals surface area contributed by atoms with Crippen LogP contribution in [0.2, 0.25) is 0 Å². The number of imidazole rings is 1. The molecule has 0 spiro atoms. The summed E-state index contributed by atoms with van der Waals surface area (Å²) in [4.78, 5) is 31.0. The number of fused-ring (bicyclic) bond motifs is 1. The van der Waals surface area contributed by atoms with Crippen LogP contribution in [-0.2, 0) is 16.1 Å². The molecule has 1 N–H and O–H groups in total. The molecule has 0 aliphatic carbocycles. The fourth-order valence-electron chi connectivity index (χ4n) is 4.67. The Labute approximate surface area is 214 Å². The quantitative estimate of drug-likeness (QED) is 0.208. The zero-order valence-electron chi connectivity index (χ0n) is 20.6. The van der Waals surface area contributed by atoms with Gasteiger partial charge < -0.3 is 24.2 Å². The number of hydrogen-bond acceptors (Lipinski definition) is 6. The number of ether oxygens (including phenoxy) is 3. The standard InChI is InChI=1S/C28H29N3O6/c1-2-13-35-21-6-3-5-19(16-21)25-24(26(32)20-7-8-22-23(17-20)37-15-14-36-22)27(33)28(34)31(25)11-4-10-30-12-9-29-18-30/h3,5-9,12,16-18,25H,2,4,10-11,13-15H2,1H3,(H,32,33). The molecule has 3 heterocycles. The maximum Gasteiger partial charge on any atom is 0.295 e. The van der Waals surface area contributed by atoms with Gasteiger partial charge in [-0.15, -0.1) is 0 Å². The van der Waals surface area contributed by atoms with Gasteiger partial charge in [-0.25, -0.2) is 4.57 Å². The van der Waals surface area contributed by atoms with Crippen LogP contribution in [0.3, 0.4) is 0 Å². The van der Waals surface area contributed by atoms with Crippen LogP contribution in [0.1, 0.15) is 36.9 Å². The topological polar surface area (TPSA) is 108 Å². The van der Waals surface area contributed by atoms with Crippen LogP contribution in [-0.4, -0.2) is 47.9 Å². The van der Waals surface area contributed by atoms with E-state index in [4.69, 9.17) is 14.2 Å². The summed E-state index contributed by atoms with van der Waals surface area (Å²) >= 11 is 0. The summed E-state index contributed by atoms with van der Waals surface area (Å²) in [6.07, 6.45) is 6.98. The maximum atomic E-state index is 13.8. The number of amides is 1. The second-order valence-corrected chi connectivity index (χ2v) is 8.96. The molecule has 1 amide bonds. The van der Waals surface area contributed by atoms with Gasteiger partial charge in [0.05, 0.1) is 19.2 Å². The van der Waals surface area contributed by atoms with E-state index in [1.54, 1.807) is 24.3 Å². The number of aromatic nitrogens is 2. The third-order valence-corrected chi connectivity index (χ3v) is 6.40. The number of aryl methyl sites for hydroxylation is 1. The van der Waals surface area contributed by atoms with Crippen molar-refractivity contribution in [3.63, 3.8) is 0 Å². The summed E-state index contributed by atoms with van der Waals surface area (Å²) < 4.78 is 18.9. The summed E-state index contributed by atoms with van der Waals surface area (Å²) in [6, 6.07) is 11.3. The largest absolute Gasteiger partial charge is 0.872 e. The lowest BCUT2D eigenvalue weighted by molar-refractivity contribution is -0.695. The molecule has 37 heavy (non-hydrogen) atoms. The minimum atomic E-state index is -0.817. The van der Waals surface area contributed by atoms with Crippen molar-refractivity contribution in [2.24, 2.45) is 0 Å². The van der Waals surface area contributed by atoms with E-state index >= 15 is 0 Å². The fraction of sp³-hybridized carbons (Fsp3) is 0.321. The molecule has 2 aliphatic rings. The summed E-state index contributed by atoms with van der Waals surface area (Å²) in [5.74, 6) is -0.337. The number of hydrogen-bond donors (Lipinski definition) is 1. The smallest absolute Gasteiger partial charge is 0.295 e. The number of aromatic amines is 1. The predicted molar refractivity (Wildman–Crippen MR) is 132 cm³/mol. The monoisotopic (exact) mass is 503 g/mol. The molecule has 3 aromatic rings. The van der Waals surface area contributed by atoms with Crippen LogP contribution in [0.25, 0.3) is 5.76 Å². The molecular weight excluding hydrogens is 474 g/mol. The first kappa shape index (κ1) is 24.4. The van der Waals surface area contributed by atoms with Gasteiger partial charge in [0.1, 0.15) is 31.4 Å². The Kier molecular flexibility index (Phi) is 7.11. The number of nitrogens with one attached hydrogen (secondary N) is 1. The number of benzene rings is 2. The molecule has 1 aromatic heterocycles. The maximum absolute atomic E-state index is 13.8. The summed E-state index contributed by atoms with van der Waals surface area (Å²) in [7, 11) is 0. The van der Waals surface area contributed by atoms with E-state index in [0.717, 1.165) is 6.42 Å². The van der Waals surface area contributed by atoms with Crippen LogP contribution in [0, 0.1) is 0 Å². The fourth-order valence-corrected chi connectivity index (χ4v) is 4.67. The summed E-state index contributed by atoms with van der Waals surface area (Å²) in [5, 5.41) is 13.8. The Hall–Kier alpha value is -4.27. The van der Waals surface area contributed by atoms with Crippen LogP contribution in [0.15, 0.2) is 66.8 Å². The van der Waals surface area contributed by atoms with E-state index in [0.29, 0.717) is 62.1 Å². The van der Waals surface area contributed by atoms with Crippen molar-refractivity contribution in [3.05, 3.63) is 77.9 Å². The molecular formula is C28H29N3O6. The molecule has 192 valence electrons. The molecule has 0 bridgehead atoms. The Morgan fingerprint density at radius 2 is 2.00 bits per heavy atom. The highest BCUT2D eigenvalue weighted by Gasteiger charge is 2.44. The predicted octanol–water partition coefficient (Wildman–Crippen LogP) is 2.18. The van der Waals surface area contributed by atoms with Gasteiger partial charge in [0.2, 0.25) is 12.1 Å². The number of Topliss-reactive ketones (excluding diaryl/α,β-unsaturated/α-hetero) is 1. The highest BCUT2D eigenvalue weighted by atomic mass is 16.6. The van der Waals surface area contributed by atoms with E-state index in [1.165, 1.54) is 4.90 Å². The molecule has 2 aromatic carbocycles. The van der Waals surface area contributed by atoms with Gasteiger partial charge in [-0.2, -0.15) is 0 Å². The number of carbonyl (C=O) groups is 2. The SMILES string of the molecule is CCCOc1cccc(C2/C(=C(\[O-])c3ccc4c(c3)OCCO4)C(=O)C(=O)N2CCC[n+]2cc[nH]c2)c1. The average molecular weight is 504 g/mol. The average Bonchev–Trinajstić information content (AvgIpc) is 3.54. The molecule has 9 nitrogen and oxygen atoms in total. The van der Waals surface area contributed by atoms with Crippen LogP contribution in [0.4, 0.5) is 0 Å². The van der Waals surface area contributed by atoms with Gasteiger partial charge in [0, 0.05) is 18.5 Å². The third kappa shape index (κ3) is 5.02. The lowest BCUT2D eigenvalue weighted by Crippen LogP contribution is -2.36. The van der Waals surface area contributed by atoms with E-state index < -0.39 is 23.5 Å². The highest BCUT2D eigenvalue weighted by molar-refractivity contribution is 6.46. The second kappa shape index (κ2) is 10.8. The van der Waals surface area contributed by atoms with Crippen molar-refractivity contribution in [1.29, 1.82) is 0 Å². The zero-order valence-corrected chi connectivity index (χ0v) is 20.6. The lowest BCUT2D eigenvalue weighted by Gasteiger charge is -2.28. The van der Waals surface area contributed by atoms with Gasteiger partial charge in [-0.3, -0.25) is 14.6 Å². The Morgan fingerprint density at radius 1 is 1.16 bits per heavy atom.